The van der Waals surface area contributed by atoms with Gasteiger partial charge >= 0.3 is 0 Å². The van der Waals surface area contributed by atoms with Crippen molar-refractivity contribution in [1.82, 2.24) is 0 Å². The van der Waals surface area contributed by atoms with E-state index in [0.717, 1.165) is 33.4 Å². The van der Waals surface area contributed by atoms with E-state index in [1.807, 2.05) is 24.3 Å². The van der Waals surface area contributed by atoms with Crippen LogP contribution in [0.25, 0.3) is 21.5 Å². The van der Waals surface area contributed by atoms with Gasteiger partial charge in [-0.15, -0.1) is 0 Å². The molecule has 0 aliphatic heterocycles. The zero-order valence-electron chi connectivity index (χ0n) is 30.7. The summed E-state index contributed by atoms with van der Waals surface area (Å²) in [5.74, 6) is 2.90. The minimum atomic E-state index is -0.247. The molecule has 0 bridgehead atoms. The Morgan fingerprint density at radius 3 is 1.04 bits per heavy atom. The van der Waals surface area contributed by atoms with Crippen LogP contribution < -0.4 is 18.1 Å². The molecule has 2 atom stereocenters. The van der Waals surface area contributed by atoms with Gasteiger partial charge in [0.1, 0.15) is 11.5 Å². The van der Waals surface area contributed by atoms with Crippen LogP contribution in [-0.2, 0) is 21.7 Å². The van der Waals surface area contributed by atoms with E-state index in [2.05, 4.69) is 144 Å². The number of hydrogen-bond acceptors (Lipinski definition) is 4. The normalized spacial score (nSPS) is 13.2. The molecule has 0 amide bonds. The fourth-order valence-electron chi connectivity index (χ4n) is 5.67. The Kier molecular flexibility index (Phi) is 10.1. The molecule has 0 aliphatic carbocycles. The molecule has 5 rings (SSSR count). The summed E-state index contributed by atoms with van der Waals surface area (Å²) in [6.07, 6.45) is 0. The van der Waals surface area contributed by atoms with E-state index in [-0.39, 0.29) is 39.7 Å². The Labute approximate surface area is 291 Å². The molecule has 0 heterocycles. The fraction of sp³-hybridized carbons (Fsp3) is 0.381. The molecule has 0 fully saturated rings. The minimum absolute atomic E-state index is 0.0857. The Bertz CT molecular complexity index is 1780. The molecule has 254 valence electrons. The van der Waals surface area contributed by atoms with Crippen molar-refractivity contribution < 1.29 is 18.1 Å². The Balaban J connectivity index is 1.31. The summed E-state index contributed by atoms with van der Waals surface area (Å²) in [5, 5.41) is 4.74. The highest BCUT2D eigenvalue weighted by molar-refractivity contribution is 7.27. The smallest absolute Gasteiger partial charge is 0.275 e. The van der Waals surface area contributed by atoms with Gasteiger partial charge < -0.3 is 18.1 Å². The second-order valence-corrected chi connectivity index (χ2v) is 18.0. The van der Waals surface area contributed by atoms with E-state index >= 15 is 0 Å². The van der Waals surface area contributed by atoms with Gasteiger partial charge in [-0.05, 0) is 90.7 Å². The van der Waals surface area contributed by atoms with Gasteiger partial charge in [0.15, 0.2) is 11.5 Å². The third kappa shape index (κ3) is 8.45. The molecule has 0 aromatic heterocycles. The van der Waals surface area contributed by atoms with Gasteiger partial charge in [-0.3, -0.25) is 0 Å². The standard InChI is InChI=1S/C42H52O4P2/c1-39(2,3)31-19-17-27-25-37(33(41(7,8)9)23-29(27)21-31)45-47-43-35-15-13-14-16-36(35)44-48-46-38-26-28-18-20-32(40(4,5)6)22-30(28)24-34(38)42(10,11)12/h13-26,47-48H,1-12H3. The third-order valence-electron chi connectivity index (χ3n) is 8.68. The maximum atomic E-state index is 6.35. The van der Waals surface area contributed by atoms with Gasteiger partial charge in [0.2, 0.25) is 0 Å². The lowest BCUT2D eigenvalue weighted by Gasteiger charge is -2.25. The molecule has 5 aromatic rings. The summed E-state index contributed by atoms with van der Waals surface area (Å²) in [7, 11) is -0.495. The molecule has 4 nitrogen and oxygen atoms in total. The van der Waals surface area contributed by atoms with Crippen LogP contribution in [0.1, 0.15) is 105 Å². The van der Waals surface area contributed by atoms with Crippen molar-refractivity contribution in [1.29, 1.82) is 0 Å². The maximum Gasteiger partial charge on any atom is 0.275 e. The molecule has 0 aliphatic rings. The molecule has 2 unspecified atom stereocenters. The van der Waals surface area contributed by atoms with Crippen molar-refractivity contribution in [3.63, 3.8) is 0 Å². The molecule has 0 N–H and O–H groups in total. The first-order chi connectivity index (χ1) is 22.3. The van der Waals surface area contributed by atoms with Crippen LogP contribution in [0.4, 0.5) is 0 Å². The van der Waals surface area contributed by atoms with E-state index in [1.54, 1.807) is 0 Å². The van der Waals surface area contributed by atoms with Crippen molar-refractivity contribution in [2.24, 2.45) is 0 Å². The van der Waals surface area contributed by atoms with Crippen LogP contribution in [0.2, 0.25) is 0 Å². The highest BCUT2D eigenvalue weighted by Gasteiger charge is 2.23. The Morgan fingerprint density at radius 2 is 0.708 bits per heavy atom. The van der Waals surface area contributed by atoms with E-state index in [1.165, 1.54) is 21.9 Å². The lowest BCUT2D eigenvalue weighted by atomic mass is 9.82. The van der Waals surface area contributed by atoms with Crippen LogP contribution in [-0.4, -0.2) is 0 Å². The predicted molar refractivity (Wildman–Crippen MR) is 208 cm³/mol. The molecule has 0 saturated heterocycles. The third-order valence-corrected chi connectivity index (χ3v) is 9.89. The van der Waals surface area contributed by atoms with E-state index in [0.29, 0.717) is 11.5 Å². The first-order valence-electron chi connectivity index (χ1n) is 16.7. The van der Waals surface area contributed by atoms with Gasteiger partial charge in [0, 0.05) is 11.1 Å². The SMILES string of the molecule is CC(C)(C)c1ccc2cc(OPOc3ccccc3OPOc3cc4ccc(C(C)(C)C)cc4cc3C(C)(C)C)c(C(C)(C)C)cc2c1. The first kappa shape index (κ1) is 36.0. The van der Waals surface area contributed by atoms with E-state index in [4.69, 9.17) is 18.1 Å². The second kappa shape index (κ2) is 13.5. The molecule has 0 spiro atoms. The summed E-state index contributed by atoms with van der Waals surface area (Å²) in [4.78, 5) is 0. The summed E-state index contributed by atoms with van der Waals surface area (Å²) in [5.41, 5.74) is 4.90. The summed E-state index contributed by atoms with van der Waals surface area (Å²) < 4.78 is 25.1. The van der Waals surface area contributed by atoms with Crippen molar-refractivity contribution in [2.75, 3.05) is 0 Å². The summed E-state index contributed by atoms with van der Waals surface area (Å²) >= 11 is 0. The average Bonchev–Trinajstić information content (AvgIpc) is 2.98. The summed E-state index contributed by atoms with van der Waals surface area (Å²) in [6.45, 7) is 26.8. The largest absolute Gasteiger partial charge is 0.440 e. The van der Waals surface area contributed by atoms with E-state index in [9.17, 15) is 0 Å². The number of para-hydroxylation sites is 2. The van der Waals surface area contributed by atoms with Crippen molar-refractivity contribution in [2.45, 2.75) is 105 Å². The van der Waals surface area contributed by atoms with Gasteiger partial charge in [0.25, 0.3) is 18.1 Å². The molecule has 0 radical (unpaired) electrons. The first-order valence-corrected chi connectivity index (χ1v) is 18.4. The monoisotopic (exact) mass is 682 g/mol. The number of fused-ring (bicyclic) bond motifs is 2. The van der Waals surface area contributed by atoms with Crippen LogP contribution in [0, 0.1) is 0 Å². The molecule has 5 aromatic carbocycles. The lowest BCUT2D eigenvalue weighted by Crippen LogP contribution is -2.13. The number of benzene rings is 5. The van der Waals surface area contributed by atoms with Crippen molar-refractivity contribution in [3.8, 4) is 23.0 Å². The zero-order chi connectivity index (χ0) is 35.1. The van der Waals surface area contributed by atoms with Crippen molar-refractivity contribution >= 4 is 39.6 Å². The molecule has 6 heteroatoms. The van der Waals surface area contributed by atoms with Crippen molar-refractivity contribution in [3.05, 3.63) is 107 Å². The fourth-order valence-corrected chi connectivity index (χ4v) is 6.79. The minimum Gasteiger partial charge on any atom is -0.440 e. The Hall–Kier alpha value is -3.32. The van der Waals surface area contributed by atoms with Crippen LogP contribution in [0.15, 0.2) is 84.9 Å². The number of hydrogen-bond donors (Lipinski definition) is 0. The highest BCUT2D eigenvalue weighted by Crippen LogP contribution is 2.43. The van der Waals surface area contributed by atoms with Gasteiger partial charge in [-0.2, -0.15) is 0 Å². The molecular formula is C42H52O4P2. The predicted octanol–water partition coefficient (Wildman–Crippen LogP) is 13.1. The quantitative estimate of drug-likeness (QED) is 0.153. The van der Waals surface area contributed by atoms with Gasteiger partial charge in [-0.25, -0.2) is 0 Å². The molecule has 0 saturated carbocycles. The topological polar surface area (TPSA) is 36.9 Å². The summed E-state index contributed by atoms with van der Waals surface area (Å²) in [6, 6.07) is 29.9. The molecule has 48 heavy (non-hydrogen) atoms. The number of rotatable bonds is 8. The van der Waals surface area contributed by atoms with Gasteiger partial charge in [0.05, 0.1) is 0 Å². The Morgan fingerprint density at radius 1 is 0.354 bits per heavy atom. The highest BCUT2D eigenvalue weighted by atomic mass is 31.1. The maximum absolute atomic E-state index is 6.35. The van der Waals surface area contributed by atoms with Gasteiger partial charge in [-0.1, -0.05) is 132 Å². The lowest BCUT2D eigenvalue weighted by molar-refractivity contribution is 0.463. The second-order valence-electron chi connectivity index (χ2n) is 16.8. The molecular weight excluding hydrogens is 630 g/mol. The van der Waals surface area contributed by atoms with Crippen LogP contribution >= 0.6 is 18.1 Å². The van der Waals surface area contributed by atoms with E-state index < -0.39 is 0 Å². The zero-order valence-corrected chi connectivity index (χ0v) is 32.7. The van der Waals surface area contributed by atoms with Crippen LogP contribution in [0.3, 0.4) is 0 Å². The van der Waals surface area contributed by atoms with Crippen LogP contribution in [0.5, 0.6) is 23.0 Å². The average molecular weight is 683 g/mol.